The summed E-state index contributed by atoms with van der Waals surface area (Å²) in [6.07, 6.45) is 2.56. The van der Waals surface area contributed by atoms with E-state index in [1.807, 2.05) is 17.9 Å². The van der Waals surface area contributed by atoms with Crippen LogP contribution in [-0.4, -0.2) is 32.1 Å². The first kappa shape index (κ1) is 21.3. The van der Waals surface area contributed by atoms with Crippen LogP contribution in [0.5, 0.6) is 0 Å². The predicted molar refractivity (Wildman–Crippen MR) is 138 cm³/mol. The molecule has 0 saturated heterocycles. The molecular weight excluding hydrogens is 428 g/mol. The number of aryl methyl sites for hydroxylation is 1. The van der Waals surface area contributed by atoms with Crippen molar-refractivity contribution in [2.75, 3.05) is 5.75 Å². The van der Waals surface area contributed by atoms with E-state index in [4.69, 9.17) is 0 Å². The maximum Gasteiger partial charge on any atom is 0.140 e. The summed E-state index contributed by atoms with van der Waals surface area (Å²) in [5, 5.41) is 16.6. The zero-order valence-corrected chi connectivity index (χ0v) is 19.7. The predicted octanol–water partition coefficient (Wildman–Crippen LogP) is 6.04. The van der Waals surface area contributed by atoms with E-state index in [0.717, 1.165) is 44.3 Å². The van der Waals surface area contributed by atoms with Crippen molar-refractivity contribution in [3.8, 4) is 22.3 Å². The van der Waals surface area contributed by atoms with Crippen LogP contribution in [0.4, 0.5) is 0 Å². The molecule has 164 valence electrons. The molecule has 0 amide bonds. The number of nitrogens with zero attached hydrogens (tertiary/aromatic N) is 4. The Hall–Kier alpha value is -3.51. The fourth-order valence-corrected chi connectivity index (χ4v) is 4.73. The molecule has 0 atom stereocenters. The lowest BCUT2D eigenvalue weighted by molar-refractivity contribution is -0.114. The van der Waals surface area contributed by atoms with E-state index in [1.165, 1.54) is 22.5 Å². The van der Waals surface area contributed by atoms with Crippen LogP contribution in [0, 0.1) is 6.92 Å². The summed E-state index contributed by atoms with van der Waals surface area (Å²) in [7, 11) is 1.96. The highest BCUT2D eigenvalue weighted by Crippen LogP contribution is 2.33. The van der Waals surface area contributed by atoms with Gasteiger partial charge in [0.05, 0.1) is 17.7 Å². The molecule has 1 aromatic heterocycles. The van der Waals surface area contributed by atoms with Gasteiger partial charge in [0.2, 0.25) is 0 Å². The fourth-order valence-electron chi connectivity index (χ4n) is 4.02. The number of thioether (sulfide) groups is 1. The van der Waals surface area contributed by atoms with Crippen molar-refractivity contribution in [2.45, 2.75) is 20.3 Å². The van der Waals surface area contributed by atoms with Crippen molar-refractivity contribution >= 4 is 39.1 Å². The van der Waals surface area contributed by atoms with Gasteiger partial charge >= 0.3 is 0 Å². The molecule has 4 aromatic rings. The van der Waals surface area contributed by atoms with Gasteiger partial charge in [0, 0.05) is 24.7 Å². The summed E-state index contributed by atoms with van der Waals surface area (Å²) in [5.41, 5.74) is 7.57. The largest absolute Gasteiger partial charge is 0.299 e. The Bertz CT molecular complexity index is 1450. The number of fused-ring (bicyclic) bond motifs is 1. The maximum atomic E-state index is 11.4. The third kappa shape index (κ3) is 4.39. The van der Waals surface area contributed by atoms with Gasteiger partial charge in [0.15, 0.2) is 0 Å². The van der Waals surface area contributed by atoms with Gasteiger partial charge in [0.25, 0.3) is 0 Å². The molecular formula is C27H24N4OS. The summed E-state index contributed by atoms with van der Waals surface area (Å²) < 4.78 is 1.89. The van der Waals surface area contributed by atoms with Crippen molar-refractivity contribution in [3.63, 3.8) is 0 Å². The number of rotatable bonds is 5. The Morgan fingerprint density at radius 3 is 2.45 bits per heavy atom. The number of benzene rings is 3. The second kappa shape index (κ2) is 8.79. The summed E-state index contributed by atoms with van der Waals surface area (Å²) in [5.74, 6) is 0.572. The molecule has 0 radical (unpaired) electrons. The second-order valence-electron chi connectivity index (χ2n) is 8.34. The van der Waals surface area contributed by atoms with Gasteiger partial charge < -0.3 is 0 Å². The van der Waals surface area contributed by atoms with E-state index in [9.17, 15) is 4.79 Å². The molecule has 6 heteroatoms. The quantitative estimate of drug-likeness (QED) is 0.371. The zero-order chi connectivity index (χ0) is 22.9. The van der Waals surface area contributed by atoms with Crippen molar-refractivity contribution in [1.82, 2.24) is 9.78 Å². The zero-order valence-electron chi connectivity index (χ0n) is 18.9. The number of aromatic nitrogens is 2. The summed E-state index contributed by atoms with van der Waals surface area (Å²) >= 11 is 1.47. The Balaban J connectivity index is 1.57. The Morgan fingerprint density at radius 2 is 1.70 bits per heavy atom. The topological polar surface area (TPSA) is 59.6 Å². The third-order valence-electron chi connectivity index (χ3n) is 5.94. The van der Waals surface area contributed by atoms with Gasteiger partial charge in [-0.3, -0.25) is 9.48 Å². The normalized spacial score (nSPS) is 13.3. The van der Waals surface area contributed by atoms with Gasteiger partial charge in [0.1, 0.15) is 10.8 Å². The monoisotopic (exact) mass is 452 g/mol. The van der Waals surface area contributed by atoms with Crippen LogP contribution in [0.2, 0.25) is 0 Å². The first-order chi connectivity index (χ1) is 16.0. The molecule has 2 heterocycles. The SMILES string of the molecule is CC(=O)CSC1=NN=C(c2cc(-c3ccc4ccccc4c3)cc(-c3cnn(C)c3C)c2)C1. The molecule has 1 aliphatic heterocycles. The van der Waals surface area contributed by atoms with Crippen LogP contribution in [0.15, 0.2) is 77.1 Å². The highest BCUT2D eigenvalue weighted by atomic mass is 32.2. The van der Waals surface area contributed by atoms with Crippen LogP contribution in [0.25, 0.3) is 33.0 Å². The van der Waals surface area contributed by atoms with Gasteiger partial charge in [-0.1, -0.05) is 36.4 Å². The Morgan fingerprint density at radius 1 is 0.939 bits per heavy atom. The lowest BCUT2D eigenvalue weighted by atomic mass is 9.93. The molecule has 33 heavy (non-hydrogen) atoms. The van der Waals surface area contributed by atoms with E-state index in [-0.39, 0.29) is 5.78 Å². The van der Waals surface area contributed by atoms with Gasteiger partial charge in [-0.05, 0) is 71.1 Å². The van der Waals surface area contributed by atoms with Gasteiger partial charge in [-0.15, -0.1) is 16.9 Å². The molecule has 1 aliphatic rings. The molecule has 0 aliphatic carbocycles. The average molecular weight is 453 g/mol. The van der Waals surface area contributed by atoms with Gasteiger partial charge in [-0.2, -0.15) is 10.2 Å². The van der Waals surface area contributed by atoms with E-state index in [0.29, 0.717) is 12.2 Å². The Kier molecular flexibility index (Phi) is 5.68. The van der Waals surface area contributed by atoms with Crippen LogP contribution in [-0.2, 0) is 11.8 Å². The van der Waals surface area contributed by atoms with Crippen molar-refractivity contribution in [1.29, 1.82) is 0 Å². The number of hydrogen-bond acceptors (Lipinski definition) is 5. The lowest BCUT2D eigenvalue weighted by Crippen LogP contribution is -2.05. The molecule has 3 aromatic carbocycles. The summed E-state index contributed by atoms with van der Waals surface area (Å²) in [4.78, 5) is 11.4. The number of Topliss-reactive ketones (excluding diaryl/α,β-unsaturated/α-hetero) is 1. The van der Waals surface area contributed by atoms with E-state index < -0.39 is 0 Å². The fraction of sp³-hybridized carbons (Fsp3) is 0.185. The van der Waals surface area contributed by atoms with Crippen LogP contribution < -0.4 is 0 Å². The molecule has 0 saturated carbocycles. The smallest absolute Gasteiger partial charge is 0.140 e. The van der Waals surface area contributed by atoms with E-state index in [2.05, 4.69) is 82.9 Å². The molecule has 0 spiro atoms. The number of ketones is 1. The van der Waals surface area contributed by atoms with E-state index >= 15 is 0 Å². The maximum absolute atomic E-state index is 11.4. The number of carbonyl (C=O) groups is 1. The molecule has 0 unspecified atom stereocenters. The minimum Gasteiger partial charge on any atom is -0.299 e. The van der Waals surface area contributed by atoms with Crippen molar-refractivity contribution < 1.29 is 4.79 Å². The summed E-state index contributed by atoms with van der Waals surface area (Å²) in [6.45, 7) is 3.68. The highest BCUT2D eigenvalue weighted by molar-refractivity contribution is 8.14. The first-order valence-electron chi connectivity index (χ1n) is 10.9. The van der Waals surface area contributed by atoms with Gasteiger partial charge in [-0.25, -0.2) is 0 Å². The molecule has 5 nitrogen and oxygen atoms in total. The molecule has 0 bridgehead atoms. The Labute approximate surface area is 197 Å². The molecule has 5 rings (SSSR count). The number of carbonyl (C=O) groups excluding carboxylic acids is 1. The second-order valence-corrected chi connectivity index (χ2v) is 9.38. The highest BCUT2D eigenvalue weighted by Gasteiger charge is 2.18. The van der Waals surface area contributed by atoms with Crippen molar-refractivity contribution in [2.24, 2.45) is 17.3 Å². The minimum atomic E-state index is 0.142. The molecule has 0 fully saturated rings. The van der Waals surface area contributed by atoms with Crippen LogP contribution in [0.1, 0.15) is 24.6 Å². The lowest BCUT2D eigenvalue weighted by Gasteiger charge is -2.11. The summed E-state index contributed by atoms with van der Waals surface area (Å²) in [6, 6.07) is 21.5. The third-order valence-corrected chi connectivity index (χ3v) is 7.05. The minimum absolute atomic E-state index is 0.142. The number of hydrogen-bond donors (Lipinski definition) is 0. The van der Waals surface area contributed by atoms with E-state index in [1.54, 1.807) is 6.92 Å². The van der Waals surface area contributed by atoms with Crippen molar-refractivity contribution in [3.05, 3.63) is 78.1 Å². The standard InChI is InChI=1S/C27H24N4OS/c1-17(32)16-33-27-14-26(29-30-27)24-12-22(11-23(13-24)25-15-28-31(3)18(25)2)21-9-8-19-6-4-5-7-20(19)10-21/h4-13,15H,14,16H2,1-3H3. The average Bonchev–Trinajstić information content (AvgIpc) is 3.44. The first-order valence-corrected chi connectivity index (χ1v) is 11.9. The van der Waals surface area contributed by atoms with Crippen LogP contribution in [0.3, 0.4) is 0 Å². The molecule has 0 N–H and O–H groups in total. The van der Waals surface area contributed by atoms with Crippen LogP contribution >= 0.6 is 11.8 Å².